The number of carbonyl (C=O) groups is 4. The third-order valence-corrected chi connectivity index (χ3v) is 11.8. The molecule has 1 N–H and O–H groups in total. The molecule has 0 spiro atoms. The van der Waals surface area contributed by atoms with Crippen LogP contribution < -0.4 is 28.7 Å². The molecule has 2 unspecified atom stereocenters. The maximum atomic E-state index is 11.9. The molecular formula is C62H56N2O10. The molecule has 0 aliphatic rings. The number of aliphatic hydroxyl groups is 1. The van der Waals surface area contributed by atoms with Gasteiger partial charge in [-0.05, 0) is 162 Å². The van der Waals surface area contributed by atoms with E-state index >= 15 is 0 Å². The van der Waals surface area contributed by atoms with Crippen LogP contribution in [0.15, 0.2) is 220 Å². The summed E-state index contributed by atoms with van der Waals surface area (Å²) in [6, 6.07) is 53.6. The van der Waals surface area contributed by atoms with Gasteiger partial charge in [-0.1, -0.05) is 81.8 Å². The van der Waals surface area contributed by atoms with Crippen LogP contribution in [0.4, 0.5) is 34.1 Å². The van der Waals surface area contributed by atoms with Gasteiger partial charge in [-0.25, -0.2) is 14.4 Å². The Labute approximate surface area is 431 Å². The lowest BCUT2D eigenvalue weighted by atomic mass is 9.87. The zero-order valence-corrected chi connectivity index (χ0v) is 41.0. The first kappa shape index (κ1) is 52.6. The maximum Gasteiger partial charge on any atom is 0.335 e. The van der Waals surface area contributed by atoms with E-state index in [9.17, 15) is 24.3 Å². The molecule has 0 bridgehead atoms. The number of ketones is 1. The molecule has 7 aromatic rings. The lowest BCUT2D eigenvalue weighted by molar-refractivity contribution is -0.139. The molecule has 374 valence electrons. The zero-order valence-electron chi connectivity index (χ0n) is 41.0. The van der Waals surface area contributed by atoms with Gasteiger partial charge in [0.2, 0.25) is 0 Å². The predicted octanol–water partition coefficient (Wildman–Crippen LogP) is 13.2. The van der Waals surface area contributed by atoms with Crippen LogP contribution in [-0.4, -0.2) is 42.0 Å². The Hall–Kier alpha value is -9.26. The molecule has 7 aromatic carbocycles. The number of benzene rings is 7. The summed E-state index contributed by atoms with van der Waals surface area (Å²) in [5.41, 5.74) is 8.82. The summed E-state index contributed by atoms with van der Waals surface area (Å²) < 4.78 is 28.1. The van der Waals surface area contributed by atoms with Gasteiger partial charge in [-0.3, -0.25) is 4.79 Å². The summed E-state index contributed by atoms with van der Waals surface area (Å²) in [4.78, 5) is 51.3. The van der Waals surface area contributed by atoms with Crippen molar-refractivity contribution < 1.29 is 48.0 Å². The summed E-state index contributed by atoms with van der Waals surface area (Å²) in [7, 11) is 0. The largest absolute Gasteiger partial charge is 0.486 e. The third kappa shape index (κ3) is 13.8. The van der Waals surface area contributed by atoms with Gasteiger partial charge in [0.25, 0.3) is 0 Å². The highest BCUT2D eigenvalue weighted by Crippen LogP contribution is 2.40. The first-order valence-corrected chi connectivity index (χ1v) is 23.9. The predicted molar refractivity (Wildman–Crippen MR) is 288 cm³/mol. The van der Waals surface area contributed by atoms with Crippen LogP contribution in [0, 0.1) is 0 Å². The first-order valence-electron chi connectivity index (χ1n) is 23.9. The fourth-order valence-corrected chi connectivity index (χ4v) is 8.07. The van der Waals surface area contributed by atoms with E-state index < -0.39 is 17.9 Å². The maximum absolute atomic E-state index is 11.9. The molecule has 0 saturated carbocycles. The molecule has 12 nitrogen and oxygen atoms in total. The topological polar surface area (TPSA) is 141 Å². The van der Waals surface area contributed by atoms with Crippen LogP contribution in [0.1, 0.15) is 54.0 Å². The highest BCUT2D eigenvalue weighted by molar-refractivity contribution is 5.90. The van der Waals surface area contributed by atoms with E-state index in [1.54, 1.807) is 36.4 Å². The summed E-state index contributed by atoms with van der Waals surface area (Å²) in [6.07, 6.45) is 5.53. The molecule has 2 atom stereocenters. The van der Waals surface area contributed by atoms with Crippen molar-refractivity contribution in [2.75, 3.05) is 23.0 Å². The molecule has 12 heteroatoms. The van der Waals surface area contributed by atoms with Gasteiger partial charge in [-0.2, -0.15) is 0 Å². The molecule has 0 heterocycles. The smallest absolute Gasteiger partial charge is 0.335 e. The number of carbonyl (C=O) groups excluding carboxylic acids is 4. The molecular weight excluding hydrogens is 933 g/mol. The average molecular weight is 989 g/mol. The van der Waals surface area contributed by atoms with E-state index in [4.69, 9.17) is 23.7 Å². The van der Waals surface area contributed by atoms with Gasteiger partial charge in [0.1, 0.15) is 35.7 Å². The standard InChI is InChI=1S/C62H56N2O10/c1-6-53(66)42-70-54-31-23-49(24-32-54)64(52-29-37-57(38-30-52)74-62(69)10-5)50-25-33-55(34-26-50)72-59(7-2)46-15-13-44(14-16-46)58(39-40-65)45-17-21-48(22-18-45)63(51-27-35-56(36-28-51)73-61(68)9-4)47-19-11-43(12-20-47)41-71-60(67)8-3/h6,8-38,58-59,65H,1,3-5,7,39-42H2,2H3. The minimum Gasteiger partial charge on any atom is -0.486 e. The Morgan fingerprint density at radius 3 is 1.27 bits per heavy atom. The van der Waals surface area contributed by atoms with Gasteiger partial charge in [0, 0.05) is 64.9 Å². The molecule has 0 aliphatic carbocycles. The van der Waals surface area contributed by atoms with Gasteiger partial charge < -0.3 is 38.6 Å². The number of hydrogen-bond donors (Lipinski definition) is 1. The molecule has 0 radical (unpaired) electrons. The molecule has 74 heavy (non-hydrogen) atoms. The van der Waals surface area contributed by atoms with E-state index in [-0.39, 0.29) is 37.6 Å². The number of rotatable bonds is 25. The first-order chi connectivity index (χ1) is 36.0. The minimum absolute atomic E-state index is 0.0138. The Morgan fingerprint density at radius 2 is 0.865 bits per heavy atom. The second-order valence-corrected chi connectivity index (χ2v) is 16.7. The average Bonchev–Trinajstić information content (AvgIpc) is 3.45. The fourth-order valence-electron chi connectivity index (χ4n) is 8.07. The lowest BCUT2D eigenvalue weighted by Gasteiger charge is -2.27. The molecule has 0 saturated heterocycles. The lowest BCUT2D eigenvalue weighted by Crippen LogP contribution is -2.11. The Morgan fingerprint density at radius 1 is 0.486 bits per heavy atom. The summed E-state index contributed by atoms with van der Waals surface area (Å²) >= 11 is 0. The number of esters is 3. The normalized spacial score (nSPS) is 11.4. The van der Waals surface area contributed by atoms with Crippen LogP contribution in [0.5, 0.6) is 23.0 Å². The van der Waals surface area contributed by atoms with Crippen molar-refractivity contribution in [1.29, 1.82) is 0 Å². The zero-order chi connectivity index (χ0) is 52.4. The molecule has 0 fully saturated rings. The SMILES string of the molecule is C=CC(=O)COc1ccc(N(c2ccc(OC(=O)C=C)cc2)c2ccc(OC(CC)c3ccc(C(CCO)c4ccc(N(c5ccc(COC(=O)C=C)cc5)c5ccc(OC(=O)C=C)cc5)cc4)cc3)cc2)cc1. The number of ether oxygens (including phenoxy) is 5. The van der Waals surface area contributed by atoms with Crippen molar-refractivity contribution in [3.05, 3.63) is 243 Å². The van der Waals surface area contributed by atoms with Crippen LogP contribution >= 0.6 is 0 Å². The second-order valence-electron chi connectivity index (χ2n) is 16.7. The highest BCUT2D eigenvalue weighted by atomic mass is 16.5. The minimum atomic E-state index is -0.556. The van der Waals surface area contributed by atoms with Gasteiger partial charge in [0.15, 0.2) is 12.4 Å². The van der Waals surface area contributed by atoms with E-state index in [2.05, 4.69) is 74.5 Å². The molecule has 0 aliphatic heterocycles. The van der Waals surface area contributed by atoms with Crippen molar-refractivity contribution in [2.24, 2.45) is 0 Å². The van der Waals surface area contributed by atoms with E-state index in [1.807, 2.05) is 102 Å². The van der Waals surface area contributed by atoms with Crippen molar-refractivity contribution in [3.8, 4) is 23.0 Å². The van der Waals surface area contributed by atoms with Crippen molar-refractivity contribution >= 4 is 57.8 Å². The monoisotopic (exact) mass is 988 g/mol. The number of aliphatic hydroxyl groups excluding tert-OH is 1. The molecule has 7 rings (SSSR count). The summed E-state index contributed by atoms with van der Waals surface area (Å²) in [6.45, 7) is 16.0. The van der Waals surface area contributed by atoms with Crippen LogP contribution in [-0.2, 0) is 30.5 Å². The van der Waals surface area contributed by atoms with Crippen LogP contribution in [0.2, 0.25) is 0 Å². The Bertz CT molecular complexity index is 3040. The van der Waals surface area contributed by atoms with Crippen molar-refractivity contribution in [3.63, 3.8) is 0 Å². The number of anilines is 6. The van der Waals surface area contributed by atoms with Gasteiger partial charge >= 0.3 is 17.9 Å². The van der Waals surface area contributed by atoms with Gasteiger partial charge in [-0.15, -0.1) is 0 Å². The Balaban J connectivity index is 1.09. The second kappa shape index (κ2) is 25.7. The fraction of sp³-hybridized carbons (Fsp3) is 0.129. The molecule has 0 aromatic heterocycles. The van der Waals surface area contributed by atoms with Crippen molar-refractivity contribution in [2.45, 2.75) is 38.4 Å². The summed E-state index contributed by atoms with van der Waals surface area (Å²) in [5.74, 6) is 0.0225. The highest BCUT2D eigenvalue weighted by Gasteiger charge is 2.20. The number of hydrogen-bond acceptors (Lipinski definition) is 12. The van der Waals surface area contributed by atoms with E-state index in [0.717, 1.165) is 74.6 Å². The molecule has 0 amide bonds. The van der Waals surface area contributed by atoms with Crippen LogP contribution in [0.25, 0.3) is 0 Å². The Kier molecular flexibility index (Phi) is 18.3. The number of nitrogens with zero attached hydrogens (tertiary/aromatic N) is 2. The van der Waals surface area contributed by atoms with E-state index in [0.29, 0.717) is 35.8 Å². The third-order valence-electron chi connectivity index (χ3n) is 11.8. The van der Waals surface area contributed by atoms with E-state index in [1.165, 1.54) is 6.08 Å². The summed E-state index contributed by atoms with van der Waals surface area (Å²) in [5, 5.41) is 10.3. The van der Waals surface area contributed by atoms with Crippen LogP contribution in [0.3, 0.4) is 0 Å². The van der Waals surface area contributed by atoms with Crippen molar-refractivity contribution in [1.82, 2.24) is 0 Å². The quantitative estimate of drug-likeness (QED) is 0.0331. The van der Waals surface area contributed by atoms with Gasteiger partial charge in [0.05, 0.1) is 0 Å².